The van der Waals surface area contributed by atoms with E-state index in [1.54, 1.807) is 24.3 Å². The van der Waals surface area contributed by atoms with Crippen LogP contribution in [0.1, 0.15) is 32.7 Å². The molecule has 3 aromatic rings. The van der Waals surface area contributed by atoms with Gasteiger partial charge in [0.2, 0.25) is 0 Å². The van der Waals surface area contributed by atoms with E-state index in [0.29, 0.717) is 43.8 Å². The van der Waals surface area contributed by atoms with Crippen LogP contribution in [-0.2, 0) is 12.7 Å². The molecule has 32 heavy (non-hydrogen) atoms. The summed E-state index contributed by atoms with van der Waals surface area (Å²) in [7, 11) is 0. The molecular weight excluding hydrogens is 486 g/mol. The lowest BCUT2D eigenvalue weighted by atomic mass is 9.94. The monoisotopic (exact) mass is 497 g/mol. The number of nitrogens with zero attached hydrogens (tertiary/aromatic N) is 2. The van der Waals surface area contributed by atoms with Crippen LogP contribution in [0, 0.1) is 0 Å². The molecule has 0 fully saturated rings. The van der Waals surface area contributed by atoms with Crippen LogP contribution in [0.3, 0.4) is 0 Å². The highest BCUT2D eigenvalue weighted by Gasteiger charge is 2.33. The summed E-state index contributed by atoms with van der Waals surface area (Å²) >= 11 is 18.0. The van der Waals surface area contributed by atoms with E-state index in [1.807, 2.05) is 0 Å². The number of fused-ring (bicyclic) bond motifs is 1. The molecular formula is C22H13Cl3F3N3O. The van der Waals surface area contributed by atoms with E-state index in [-0.39, 0.29) is 23.9 Å². The lowest BCUT2D eigenvalue weighted by Crippen LogP contribution is -2.22. The van der Waals surface area contributed by atoms with Gasteiger partial charge < -0.3 is 5.32 Å². The van der Waals surface area contributed by atoms with Crippen molar-refractivity contribution in [2.45, 2.75) is 12.7 Å². The van der Waals surface area contributed by atoms with E-state index < -0.39 is 11.7 Å². The van der Waals surface area contributed by atoms with Crippen LogP contribution < -0.4 is 5.32 Å². The lowest BCUT2D eigenvalue weighted by Gasteiger charge is -2.19. The normalized spacial score (nSPS) is 13.6. The smallest absolute Gasteiger partial charge is 0.379 e. The van der Waals surface area contributed by atoms with Crippen molar-refractivity contribution in [3.63, 3.8) is 0 Å². The number of halogens is 6. The van der Waals surface area contributed by atoms with Crippen molar-refractivity contribution in [1.82, 2.24) is 4.98 Å². The van der Waals surface area contributed by atoms with Gasteiger partial charge in [0, 0.05) is 23.9 Å². The molecule has 164 valence electrons. The third-order valence-electron chi connectivity index (χ3n) is 4.83. The summed E-state index contributed by atoms with van der Waals surface area (Å²) < 4.78 is 39.5. The van der Waals surface area contributed by atoms with Crippen LogP contribution in [0.25, 0.3) is 0 Å². The standard InChI is InChI=1S/C22H13Cl3F3N3O/c23-12-7-17(29-8-11-4-5-15(24)14(6-11)22(26,27)28)21(30-9-12)20-13-2-1-3-16(25)19(13)18(32)10-31-20/h1-7,9,29H,8,10H2. The number of aromatic nitrogens is 1. The minimum Gasteiger partial charge on any atom is -0.379 e. The van der Waals surface area contributed by atoms with Gasteiger partial charge in [-0.1, -0.05) is 53.0 Å². The molecule has 0 saturated carbocycles. The van der Waals surface area contributed by atoms with Crippen molar-refractivity contribution in [3.8, 4) is 0 Å². The van der Waals surface area contributed by atoms with Gasteiger partial charge in [-0.05, 0) is 29.8 Å². The zero-order valence-corrected chi connectivity index (χ0v) is 18.4. The molecule has 1 aromatic heterocycles. The molecule has 0 radical (unpaired) electrons. The second-order valence-corrected chi connectivity index (χ2v) is 8.22. The fraction of sp³-hybridized carbons (Fsp3) is 0.136. The largest absolute Gasteiger partial charge is 0.417 e. The lowest BCUT2D eigenvalue weighted by molar-refractivity contribution is -0.137. The number of pyridine rings is 1. The number of rotatable bonds is 4. The molecule has 10 heteroatoms. The molecule has 0 saturated heterocycles. The van der Waals surface area contributed by atoms with E-state index in [1.165, 1.54) is 18.3 Å². The van der Waals surface area contributed by atoms with Crippen LogP contribution in [0.5, 0.6) is 0 Å². The van der Waals surface area contributed by atoms with Gasteiger partial charge in [-0.3, -0.25) is 14.8 Å². The Labute approximate surface area is 196 Å². The molecule has 1 N–H and O–H groups in total. The molecule has 1 aliphatic heterocycles. The first kappa shape index (κ1) is 22.6. The molecule has 2 aromatic carbocycles. The molecule has 0 spiro atoms. The van der Waals surface area contributed by atoms with Crippen molar-refractivity contribution in [3.05, 3.63) is 91.7 Å². The fourth-order valence-corrected chi connectivity index (χ4v) is 4.04. The molecule has 0 aliphatic carbocycles. The summed E-state index contributed by atoms with van der Waals surface area (Å²) in [4.78, 5) is 21.0. The maximum atomic E-state index is 13.2. The van der Waals surface area contributed by atoms with Crippen molar-refractivity contribution in [2.24, 2.45) is 4.99 Å². The summed E-state index contributed by atoms with van der Waals surface area (Å²) in [5, 5.41) is 3.32. The number of aliphatic imine (C=N–C) groups is 1. The molecule has 1 aliphatic rings. The van der Waals surface area contributed by atoms with Crippen LogP contribution in [0.2, 0.25) is 15.1 Å². The Morgan fingerprint density at radius 3 is 2.56 bits per heavy atom. The Morgan fingerprint density at radius 2 is 1.81 bits per heavy atom. The number of carbonyl (C=O) groups excluding carboxylic acids is 1. The summed E-state index contributed by atoms with van der Waals surface area (Å²) in [6, 6.07) is 10.3. The quantitative estimate of drug-likeness (QED) is 0.435. The van der Waals surface area contributed by atoms with Crippen molar-refractivity contribution in [2.75, 3.05) is 11.9 Å². The Hall–Kier alpha value is -2.61. The number of carbonyl (C=O) groups is 1. The summed E-state index contributed by atoms with van der Waals surface area (Å²) in [5.74, 6) is -0.210. The SMILES string of the molecule is O=C1CN=C(c2ncc(Cl)cc2NCc2ccc(Cl)c(C(F)(F)F)c2)c2cccc(Cl)c21. The van der Waals surface area contributed by atoms with Crippen LogP contribution in [0.15, 0.2) is 53.7 Å². The maximum absolute atomic E-state index is 13.2. The van der Waals surface area contributed by atoms with E-state index in [2.05, 4.69) is 15.3 Å². The Kier molecular flexibility index (Phi) is 6.16. The predicted octanol–water partition coefficient (Wildman–Crippen LogP) is 6.71. The molecule has 0 amide bonds. The molecule has 4 nitrogen and oxygen atoms in total. The van der Waals surface area contributed by atoms with Gasteiger partial charge in [0.25, 0.3) is 0 Å². The number of hydrogen-bond acceptors (Lipinski definition) is 4. The van der Waals surface area contributed by atoms with Crippen LogP contribution in [0.4, 0.5) is 18.9 Å². The third-order valence-corrected chi connectivity index (χ3v) is 5.68. The maximum Gasteiger partial charge on any atom is 0.417 e. The van der Waals surface area contributed by atoms with E-state index in [4.69, 9.17) is 34.8 Å². The first-order valence-corrected chi connectivity index (χ1v) is 10.4. The highest BCUT2D eigenvalue weighted by Crippen LogP contribution is 2.35. The van der Waals surface area contributed by atoms with Gasteiger partial charge in [-0.25, -0.2) is 0 Å². The molecule has 4 rings (SSSR count). The van der Waals surface area contributed by atoms with Gasteiger partial charge in [-0.2, -0.15) is 13.2 Å². The second-order valence-electron chi connectivity index (χ2n) is 6.97. The summed E-state index contributed by atoms with van der Waals surface area (Å²) in [6.07, 6.45) is -3.14. The number of nitrogens with one attached hydrogen (secondary N) is 1. The van der Waals surface area contributed by atoms with Gasteiger partial charge >= 0.3 is 6.18 Å². The van der Waals surface area contributed by atoms with E-state index >= 15 is 0 Å². The number of benzene rings is 2. The van der Waals surface area contributed by atoms with Gasteiger partial charge in [0.05, 0.1) is 32.0 Å². The summed E-state index contributed by atoms with van der Waals surface area (Å²) in [5.41, 5.74) is 1.61. The first-order chi connectivity index (χ1) is 15.1. The zero-order valence-electron chi connectivity index (χ0n) is 16.1. The fourth-order valence-electron chi connectivity index (χ4n) is 3.38. The molecule has 0 unspecified atom stereocenters. The van der Waals surface area contributed by atoms with Crippen LogP contribution in [-0.4, -0.2) is 23.0 Å². The third kappa shape index (κ3) is 4.46. The molecule has 0 bridgehead atoms. The number of Topliss-reactive ketones (excluding diaryl/α,β-unsaturated/α-hetero) is 1. The highest BCUT2D eigenvalue weighted by atomic mass is 35.5. The zero-order chi connectivity index (χ0) is 23.0. The molecule has 0 atom stereocenters. The van der Waals surface area contributed by atoms with E-state index in [0.717, 1.165) is 6.07 Å². The number of hydrogen-bond donors (Lipinski definition) is 1. The Balaban J connectivity index is 1.70. The van der Waals surface area contributed by atoms with Crippen molar-refractivity contribution < 1.29 is 18.0 Å². The average molecular weight is 499 g/mol. The minimum absolute atomic E-state index is 0.0455. The van der Waals surface area contributed by atoms with Gasteiger partial charge in [0.15, 0.2) is 5.78 Å². The molecule has 2 heterocycles. The topological polar surface area (TPSA) is 54.4 Å². The number of anilines is 1. The van der Waals surface area contributed by atoms with Crippen molar-refractivity contribution in [1.29, 1.82) is 0 Å². The number of ketones is 1. The second kappa shape index (κ2) is 8.73. The Morgan fingerprint density at radius 1 is 1.03 bits per heavy atom. The average Bonchev–Trinajstić information content (AvgIpc) is 2.73. The van der Waals surface area contributed by atoms with Gasteiger partial charge in [0.1, 0.15) is 12.2 Å². The van der Waals surface area contributed by atoms with Crippen molar-refractivity contribution >= 4 is 52.0 Å². The highest BCUT2D eigenvalue weighted by molar-refractivity contribution is 6.37. The number of alkyl halides is 3. The first-order valence-electron chi connectivity index (χ1n) is 9.27. The van der Waals surface area contributed by atoms with E-state index in [9.17, 15) is 18.0 Å². The summed E-state index contributed by atoms with van der Waals surface area (Å²) in [6.45, 7) is -0.0498. The van der Waals surface area contributed by atoms with Gasteiger partial charge in [-0.15, -0.1) is 0 Å². The predicted molar refractivity (Wildman–Crippen MR) is 119 cm³/mol. The minimum atomic E-state index is -4.57. The van der Waals surface area contributed by atoms with Crippen LogP contribution >= 0.6 is 34.8 Å². The Bertz CT molecular complexity index is 1260.